The van der Waals surface area contributed by atoms with Crippen molar-refractivity contribution in [3.63, 3.8) is 0 Å². The van der Waals surface area contributed by atoms with Crippen molar-refractivity contribution in [2.75, 3.05) is 17.2 Å². The van der Waals surface area contributed by atoms with Crippen LogP contribution in [0.2, 0.25) is 5.02 Å². The number of sulfonamides is 1. The number of carbonyl (C=O) groups excluding carboxylic acids is 2. The van der Waals surface area contributed by atoms with Crippen molar-refractivity contribution in [2.24, 2.45) is 5.92 Å². The van der Waals surface area contributed by atoms with Crippen LogP contribution in [0, 0.1) is 23.1 Å². The van der Waals surface area contributed by atoms with Gasteiger partial charge in [-0.05, 0) is 99.2 Å². The van der Waals surface area contributed by atoms with Crippen molar-refractivity contribution in [3.05, 3.63) is 94.3 Å². The average molecular weight is 696 g/mol. The van der Waals surface area contributed by atoms with Gasteiger partial charge in [-0.2, -0.15) is 5.26 Å². The fourth-order valence-electron chi connectivity index (χ4n) is 5.78. The van der Waals surface area contributed by atoms with E-state index in [0.717, 1.165) is 12.8 Å². The molecule has 48 heavy (non-hydrogen) atoms. The number of urea groups is 1. The van der Waals surface area contributed by atoms with E-state index in [9.17, 15) is 28.4 Å². The number of hydrogen-bond acceptors (Lipinski definition) is 6. The molecule has 13 heteroatoms. The number of amides is 3. The average Bonchev–Trinajstić information content (AvgIpc) is 3.79. The zero-order chi connectivity index (χ0) is 34.9. The molecule has 1 heterocycles. The van der Waals surface area contributed by atoms with E-state index in [1.807, 2.05) is 0 Å². The van der Waals surface area contributed by atoms with E-state index in [0.29, 0.717) is 46.2 Å². The van der Waals surface area contributed by atoms with Crippen LogP contribution in [0.15, 0.2) is 66.7 Å². The molecule has 3 aromatic rings. The topological polar surface area (TPSA) is 152 Å². The van der Waals surface area contributed by atoms with Gasteiger partial charge < -0.3 is 20.6 Å². The number of aliphatic hydroxyl groups excluding tert-OH is 1. The number of hydrogen-bond donors (Lipinski definition) is 4. The number of nitrogens with zero attached hydrogens (tertiary/aromatic N) is 2. The van der Waals surface area contributed by atoms with Crippen LogP contribution in [-0.2, 0) is 20.4 Å². The van der Waals surface area contributed by atoms with Crippen molar-refractivity contribution >= 4 is 44.9 Å². The fraction of sp³-hybridized carbons (Fsp3) is 0.400. The molecule has 5 rings (SSSR count). The summed E-state index contributed by atoms with van der Waals surface area (Å²) in [5, 5.41) is 25.6. The third kappa shape index (κ3) is 7.81. The summed E-state index contributed by atoms with van der Waals surface area (Å²) in [6.45, 7) is 4.64. The minimum Gasteiger partial charge on any atom is -0.391 e. The summed E-state index contributed by atoms with van der Waals surface area (Å²) in [5.41, 5.74) is 0.195. The molecule has 254 valence electrons. The minimum absolute atomic E-state index is 0.0663. The third-order valence-corrected chi connectivity index (χ3v) is 11.4. The normalized spacial score (nSPS) is 19.3. The summed E-state index contributed by atoms with van der Waals surface area (Å²) < 4.78 is 44.8. The predicted octanol–water partition coefficient (Wildman–Crippen LogP) is 6.11. The number of aliphatic hydroxyl groups is 1. The lowest BCUT2D eigenvalue weighted by molar-refractivity contribution is -0.119. The zero-order valence-electron chi connectivity index (χ0n) is 27.0. The van der Waals surface area contributed by atoms with E-state index >= 15 is 4.39 Å². The highest BCUT2D eigenvalue weighted by atomic mass is 35.5. The van der Waals surface area contributed by atoms with Gasteiger partial charge >= 0.3 is 6.03 Å². The van der Waals surface area contributed by atoms with E-state index in [4.69, 9.17) is 11.6 Å². The van der Waals surface area contributed by atoms with Crippen molar-refractivity contribution < 1.29 is 27.5 Å². The Bertz CT molecular complexity index is 1820. The highest BCUT2D eigenvalue weighted by Crippen LogP contribution is 2.43. The number of rotatable bonds is 10. The first-order chi connectivity index (χ1) is 22.6. The molecule has 1 saturated carbocycles. The molecule has 0 bridgehead atoms. The molecule has 1 saturated heterocycles. The van der Waals surface area contributed by atoms with Crippen molar-refractivity contribution in [3.8, 4) is 6.07 Å². The molecule has 10 nitrogen and oxygen atoms in total. The monoisotopic (exact) mass is 695 g/mol. The lowest BCUT2D eigenvalue weighted by Gasteiger charge is -2.38. The zero-order valence-corrected chi connectivity index (χ0v) is 28.5. The first kappa shape index (κ1) is 35.3. The van der Waals surface area contributed by atoms with Crippen LogP contribution >= 0.6 is 11.6 Å². The van der Waals surface area contributed by atoms with Crippen LogP contribution in [-0.4, -0.2) is 53.8 Å². The number of anilines is 2. The molecule has 2 aliphatic rings. The second kappa shape index (κ2) is 13.8. The summed E-state index contributed by atoms with van der Waals surface area (Å²) >= 11 is 5.94. The van der Waals surface area contributed by atoms with Crippen molar-refractivity contribution in [1.29, 1.82) is 5.26 Å². The highest BCUT2D eigenvalue weighted by molar-refractivity contribution is 7.90. The maximum atomic E-state index is 15.5. The Labute approximate surface area is 285 Å². The Hall–Kier alpha value is -4.02. The first-order valence-electron chi connectivity index (χ1n) is 15.8. The Morgan fingerprint density at radius 3 is 2.27 bits per heavy atom. The van der Waals surface area contributed by atoms with E-state index in [1.165, 1.54) is 23.1 Å². The summed E-state index contributed by atoms with van der Waals surface area (Å²) in [5.74, 6) is -1.07. The smallest absolute Gasteiger partial charge is 0.322 e. The molecule has 2 fully saturated rings. The molecule has 3 amide bonds. The lowest BCUT2D eigenvalue weighted by Crippen LogP contribution is -2.52. The third-order valence-electron chi connectivity index (χ3n) is 8.90. The summed E-state index contributed by atoms with van der Waals surface area (Å²) in [6.07, 6.45) is 2.02. The Morgan fingerprint density at radius 2 is 1.67 bits per heavy atom. The van der Waals surface area contributed by atoms with E-state index in [-0.39, 0.29) is 18.7 Å². The van der Waals surface area contributed by atoms with Gasteiger partial charge in [0.05, 0.1) is 33.7 Å². The van der Waals surface area contributed by atoms with Gasteiger partial charge in [0.1, 0.15) is 11.9 Å². The van der Waals surface area contributed by atoms with Crippen LogP contribution in [0.4, 0.5) is 20.6 Å². The summed E-state index contributed by atoms with van der Waals surface area (Å²) in [4.78, 5) is 28.0. The molecule has 1 aliphatic heterocycles. The molecule has 1 unspecified atom stereocenters. The van der Waals surface area contributed by atoms with Gasteiger partial charge in [-0.1, -0.05) is 42.6 Å². The maximum absolute atomic E-state index is 15.5. The van der Waals surface area contributed by atoms with Crippen LogP contribution in [0.1, 0.15) is 69.6 Å². The van der Waals surface area contributed by atoms with Crippen molar-refractivity contribution in [1.82, 2.24) is 9.62 Å². The Balaban J connectivity index is 1.50. The van der Waals surface area contributed by atoms with Crippen LogP contribution < -0.4 is 15.4 Å². The molecule has 0 spiro atoms. The van der Waals surface area contributed by atoms with Crippen LogP contribution in [0.25, 0.3) is 0 Å². The van der Waals surface area contributed by atoms with Gasteiger partial charge in [0, 0.05) is 23.7 Å². The largest absolute Gasteiger partial charge is 0.391 e. The summed E-state index contributed by atoms with van der Waals surface area (Å²) in [6, 6.07) is 17.4. The SMILES string of the molecule is CC(C)(C)S(=O)(=O)NC(CCC1CC1)(c1ccc(C#N)cc1)c1ccc(F)c(NC(=O)[C@H]2C[C@@H](O)CN2C(=O)Nc2ccc(Cl)cc2)c1. The van der Waals surface area contributed by atoms with Gasteiger partial charge in [-0.3, -0.25) is 4.79 Å². The van der Waals surface area contributed by atoms with Crippen molar-refractivity contribution in [2.45, 2.75) is 75.3 Å². The minimum atomic E-state index is -3.99. The van der Waals surface area contributed by atoms with Gasteiger partial charge in [-0.25, -0.2) is 22.3 Å². The predicted molar refractivity (Wildman–Crippen MR) is 182 cm³/mol. The second-order valence-corrected chi connectivity index (χ2v) is 16.3. The second-order valence-electron chi connectivity index (χ2n) is 13.5. The Morgan fingerprint density at radius 1 is 1.02 bits per heavy atom. The van der Waals surface area contributed by atoms with E-state index in [1.54, 1.807) is 69.3 Å². The number of benzene rings is 3. The first-order valence-corrected chi connectivity index (χ1v) is 17.6. The highest BCUT2D eigenvalue weighted by Gasteiger charge is 2.44. The molecule has 3 aromatic carbocycles. The molecule has 0 radical (unpaired) electrons. The lowest BCUT2D eigenvalue weighted by atomic mass is 9.79. The van der Waals surface area contributed by atoms with Crippen LogP contribution in [0.3, 0.4) is 0 Å². The number of nitriles is 1. The van der Waals surface area contributed by atoms with E-state index < -0.39 is 50.2 Å². The molecule has 0 aromatic heterocycles. The number of nitrogens with one attached hydrogen (secondary N) is 3. The molecular weight excluding hydrogens is 657 g/mol. The number of β-amino-alcohol motifs (C(OH)–C–C–N with tert-alkyl or cyclic N) is 1. The number of halogens is 2. The molecular formula is C35H39ClFN5O5S. The maximum Gasteiger partial charge on any atom is 0.322 e. The quantitative estimate of drug-likeness (QED) is 0.201. The van der Waals surface area contributed by atoms with Gasteiger partial charge in [0.15, 0.2) is 0 Å². The number of likely N-dealkylation sites (tertiary alicyclic amines) is 1. The van der Waals surface area contributed by atoms with Gasteiger partial charge in [-0.15, -0.1) is 0 Å². The Kier molecular flexibility index (Phi) is 10.2. The molecule has 3 atom stereocenters. The standard InChI is InChI=1S/C35H39ClFN5O5S/c1-34(2,3)48(46,47)41-35(17-16-22-4-5-22,24-8-6-23(20-38)7-9-24)25-10-15-29(37)30(18-25)40-32(44)31-19-28(43)21-42(31)33(45)39-27-13-11-26(36)12-14-27/h6-15,18,22,28,31,41,43H,4-5,16-17,19,21H2,1-3H3,(H,39,45)(H,40,44)/t28-,31-,35?/m1/s1. The van der Waals surface area contributed by atoms with Crippen LogP contribution in [0.5, 0.6) is 0 Å². The molecule has 1 aliphatic carbocycles. The van der Waals surface area contributed by atoms with Gasteiger partial charge in [0.2, 0.25) is 15.9 Å². The summed E-state index contributed by atoms with van der Waals surface area (Å²) in [7, 11) is -3.99. The fourth-order valence-corrected chi connectivity index (χ4v) is 7.01. The number of carbonyl (C=O) groups is 2. The van der Waals surface area contributed by atoms with E-state index in [2.05, 4.69) is 21.4 Å². The molecule has 4 N–H and O–H groups in total. The van der Waals surface area contributed by atoms with Gasteiger partial charge in [0.25, 0.3) is 0 Å².